The number of aromatic nitrogens is 8. The number of aryl methyl sites for hydroxylation is 2. The van der Waals surface area contributed by atoms with Gasteiger partial charge in [0.25, 0.3) is 0 Å². The molecule has 0 atom stereocenters. The number of aromatic carboxylic acids is 1. The van der Waals surface area contributed by atoms with Crippen LogP contribution in [-0.4, -0.2) is 74.6 Å². The van der Waals surface area contributed by atoms with Crippen LogP contribution >= 0.6 is 0 Å². The topological polar surface area (TPSA) is 212 Å². The van der Waals surface area contributed by atoms with Gasteiger partial charge in [-0.15, -0.1) is 0 Å². The normalized spacial score (nSPS) is 9.26. The first-order valence-electron chi connectivity index (χ1n) is 8.88. The maximum absolute atomic E-state index is 11.5. The smallest absolute Gasteiger partial charge is 0.870 e. The number of carbonyl (C=O) groups is 2. The summed E-state index contributed by atoms with van der Waals surface area (Å²) in [6.45, 7) is 3.51. The average Bonchev–Trinajstić information content (AvgIpc) is 3.38. The van der Waals surface area contributed by atoms with Gasteiger partial charge in [0.05, 0.1) is 30.9 Å². The van der Waals surface area contributed by atoms with Crippen molar-refractivity contribution < 1.29 is 49.2 Å². The number of hydrogen-bond acceptors (Lipinski definition) is 10. The average molecular weight is 464 g/mol. The summed E-state index contributed by atoms with van der Waals surface area (Å²) < 4.78 is 7.33. The van der Waals surface area contributed by atoms with Crippen molar-refractivity contribution in [2.45, 2.75) is 13.8 Å². The minimum atomic E-state index is -1.04. The molecule has 0 aliphatic carbocycles. The van der Waals surface area contributed by atoms with Gasteiger partial charge >= 0.3 is 30.8 Å². The first kappa shape index (κ1) is 30.0. The molecule has 174 valence electrons. The zero-order valence-corrected chi connectivity index (χ0v) is 18.8. The number of carboxylic acids is 1. The number of hydrogen-bond donors (Lipinski definition) is 1. The third-order valence-corrected chi connectivity index (χ3v) is 3.81. The summed E-state index contributed by atoms with van der Waals surface area (Å²) >= 11 is 0. The number of rotatable bonds is 4. The molecule has 4 rings (SSSR count). The van der Waals surface area contributed by atoms with Crippen molar-refractivity contribution in [3.63, 3.8) is 0 Å². The summed E-state index contributed by atoms with van der Waals surface area (Å²) in [6.07, 6.45) is 9.07. The van der Waals surface area contributed by atoms with Gasteiger partial charge in [0.2, 0.25) is 0 Å². The Morgan fingerprint density at radius 2 is 1.29 bits per heavy atom. The van der Waals surface area contributed by atoms with Gasteiger partial charge in [-0.2, -0.15) is 10.2 Å². The van der Waals surface area contributed by atoms with Crippen LogP contribution in [0.2, 0.25) is 0 Å². The fraction of sp³-hybridized carbons (Fsp3) is 0.158. The minimum Gasteiger partial charge on any atom is -0.870 e. The van der Waals surface area contributed by atoms with Gasteiger partial charge < -0.3 is 20.8 Å². The second-order valence-corrected chi connectivity index (χ2v) is 6.09. The fourth-order valence-electron chi connectivity index (χ4n) is 2.55. The summed E-state index contributed by atoms with van der Waals surface area (Å²) in [5.74, 6) is -0.619. The van der Waals surface area contributed by atoms with E-state index in [4.69, 9.17) is 5.11 Å². The molecule has 4 heterocycles. The van der Waals surface area contributed by atoms with E-state index in [9.17, 15) is 9.59 Å². The van der Waals surface area contributed by atoms with Gasteiger partial charge in [-0.05, 0) is 26.0 Å². The summed E-state index contributed by atoms with van der Waals surface area (Å²) in [5.41, 5.74) is 1.75. The molecular formula is C19H21LiN8O6. The monoisotopic (exact) mass is 464 g/mol. The molecule has 34 heavy (non-hydrogen) atoms. The first-order chi connectivity index (χ1) is 14.9. The summed E-state index contributed by atoms with van der Waals surface area (Å²) in [6, 6.07) is 3.12. The molecular weight excluding hydrogens is 443 g/mol. The van der Waals surface area contributed by atoms with Crippen LogP contribution < -0.4 is 18.9 Å². The van der Waals surface area contributed by atoms with E-state index in [1.54, 1.807) is 26.1 Å². The predicted molar refractivity (Wildman–Crippen MR) is 112 cm³/mol. The number of methoxy groups -OCH3 is 1. The standard InChI is InChI=1S/C10H10N4O2.C9H8N4O2.Li.2H2O/c1-7-5-8(10(15)16-2)14(13-7)9-6-11-3-4-12-9;1-6-4-7(9(14)15)13(12-6)8-5-10-2-3-11-8;;;/h3-6H,1-2H3;2-5H,1H3,(H,14,15);;2*1H2/q;;+1;;/p-1. The zero-order valence-electron chi connectivity index (χ0n) is 18.8. The molecule has 0 fully saturated rings. The van der Waals surface area contributed by atoms with Crippen LogP contribution in [-0.2, 0) is 4.74 Å². The van der Waals surface area contributed by atoms with E-state index in [-0.39, 0.29) is 35.5 Å². The minimum absolute atomic E-state index is 0. The summed E-state index contributed by atoms with van der Waals surface area (Å²) in [5, 5.41) is 17.1. The molecule has 0 aliphatic rings. The van der Waals surface area contributed by atoms with E-state index in [1.807, 2.05) is 0 Å². The largest absolute Gasteiger partial charge is 1.00 e. The van der Waals surface area contributed by atoms with Crippen molar-refractivity contribution >= 4 is 11.9 Å². The Hall–Kier alpha value is -3.96. The quantitative estimate of drug-likeness (QED) is 0.245. The number of ether oxygens (including phenoxy) is 1. The molecule has 4 N–H and O–H groups in total. The van der Waals surface area contributed by atoms with Crippen molar-refractivity contribution in [2.75, 3.05) is 7.11 Å². The van der Waals surface area contributed by atoms with Gasteiger partial charge in [-0.25, -0.2) is 28.9 Å². The van der Waals surface area contributed by atoms with Gasteiger partial charge in [0.15, 0.2) is 23.0 Å². The van der Waals surface area contributed by atoms with E-state index < -0.39 is 11.9 Å². The Morgan fingerprint density at radius 1 is 0.853 bits per heavy atom. The van der Waals surface area contributed by atoms with Crippen LogP contribution in [0.5, 0.6) is 0 Å². The van der Waals surface area contributed by atoms with Gasteiger partial charge in [0.1, 0.15) is 0 Å². The van der Waals surface area contributed by atoms with Crippen molar-refractivity contribution in [1.82, 2.24) is 39.5 Å². The number of carboxylic acid groups (broad SMARTS) is 1. The van der Waals surface area contributed by atoms with Crippen molar-refractivity contribution in [3.05, 3.63) is 72.1 Å². The Labute approximate surface area is 205 Å². The van der Waals surface area contributed by atoms with Crippen LogP contribution in [0.25, 0.3) is 11.6 Å². The number of carbonyl (C=O) groups excluding carboxylic acids is 1. The Morgan fingerprint density at radius 3 is 1.68 bits per heavy atom. The van der Waals surface area contributed by atoms with E-state index in [1.165, 1.54) is 53.5 Å². The molecule has 0 saturated heterocycles. The van der Waals surface area contributed by atoms with Crippen LogP contribution in [0.15, 0.2) is 49.3 Å². The molecule has 0 saturated carbocycles. The fourth-order valence-corrected chi connectivity index (χ4v) is 2.55. The molecule has 0 aromatic carbocycles. The SMILES string of the molecule is COC(=O)c1cc(C)nn1-c1cnccn1.Cc1cc(C(=O)O)n(-c2cnccn2)n1.O.[Li+].[OH-]. The van der Waals surface area contributed by atoms with Gasteiger partial charge in [-0.3, -0.25) is 9.97 Å². The van der Waals surface area contributed by atoms with Gasteiger partial charge in [-0.1, -0.05) is 0 Å². The molecule has 0 amide bonds. The second-order valence-electron chi connectivity index (χ2n) is 6.09. The van der Waals surface area contributed by atoms with Gasteiger partial charge in [0, 0.05) is 24.8 Å². The van der Waals surface area contributed by atoms with Crippen LogP contribution in [0.3, 0.4) is 0 Å². The maximum atomic E-state index is 11.5. The molecule has 14 nitrogen and oxygen atoms in total. The van der Waals surface area contributed by atoms with Crippen LogP contribution in [0.1, 0.15) is 32.4 Å². The Kier molecular flexibility index (Phi) is 12.0. The molecule has 4 aromatic rings. The predicted octanol–water partition coefficient (Wildman–Crippen LogP) is -2.57. The molecule has 4 aromatic heterocycles. The molecule has 0 unspecified atom stereocenters. The Balaban J connectivity index is 0.000000590. The molecule has 0 bridgehead atoms. The zero-order chi connectivity index (χ0) is 22.4. The first-order valence-corrected chi connectivity index (χ1v) is 8.88. The van der Waals surface area contributed by atoms with Crippen molar-refractivity contribution in [2.24, 2.45) is 0 Å². The molecule has 15 heteroatoms. The summed E-state index contributed by atoms with van der Waals surface area (Å²) in [7, 11) is 1.33. The third-order valence-electron chi connectivity index (χ3n) is 3.81. The van der Waals surface area contributed by atoms with Crippen LogP contribution in [0.4, 0.5) is 0 Å². The molecule has 0 aliphatic heterocycles. The molecule has 0 radical (unpaired) electrons. The van der Waals surface area contributed by atoms with Crippen molar-refractivity contribution in [3.8, 4) is 11.6 Å². The van der Waals surface area contributed by atoms with E-state index in [0.717, 1.165) is 0 Å². The molecule has 0 spiro atoms. The summed E-state index contributed by atoms with van der Waals surface area (Å²) in [4.78, 5) is 38.2. The number of nitrogens with zero attached hydrogens (tertiary/aromatic N) is 8. The Bertz CT molecular complexity index is 1200. The maximum Gasteiger partial charge on any atom is 1.00 e. The van der Waals surface area contributed by atoms with E-state index in [0.29, 0.717) is 28.7 Å². The number of esters is 1. The van der Waals surface area contributed by atoms with Crippen LogP contribution in [0, 0.1) is 13.8 Å². The van der Waals surface area contributed by atoms with E-state index in [2.05, 4.69) is 34.9 Å². The third kappa shape index (κ3) is 7.02. The van der Waals surface area contributed by atoms with E-state index >= 15 is 0 Å². The second kappa shape index (κ2) is 13.6. The van der Waals surface area contributed by atoms with Crippen molar-refractivity contribution in [1.29, 1.82) is 0 Å².